The van der Waals surface area contributed by atoms with Gasteiger partial charge in [-0.15, -0.1) is 0 Å². The first-order valence-electron chi connectivity index (χ1n) is 7.74. The summed E-state index contributed by atoms with van der Waals surface area (Å²) in [4.78, 5) is 0. The topological polar surface area (TPSA) is 30.5 Å². The van der Waals surface area contributed by atoms with Crippen molar-refractivity contribution in [1.82, 2.24) is 5.32 Å². The van der Waals surface area contributed by atoms with Gasteiger partial charge in [-0.2, -0.15) is 0 Å². The minimum absolute atomic E-state index is 0.183. The van der Waals surface area contributed by atoms with Gasteiger partial charge in [0.1, 0.15) is 0 Å². The van der Waals surface area contributed by atoms with Gasteiger partial charge in [-0.25, -0.2) is 0 Å². The van der Waals surface area contributed by atoms with Gasteiger partial charge in [0.25, 0.3) is 0 Å². The summed E-state index contributed by atoms with van der Waals surface area (Å²) in [5, 5.41) is 3.79. The molecule has 1 heterocycles. The highest BCUT2D eigenvalue weighted by atomic mass is 16.5. The fourth-order valence-electron chi connectivity index (χ4n) is 4.43. The number of hydrogen-bond donors (Lipinski definition) is 1. The largest absolute Gasteiger partial charge is 0.381 e. The Balaban J connectivity index is 1.66. The van der Waals surface area contributed by atoms with Gasteiger partial charge in [0.05, 0.1) is 18.3 Å². The molecule has 0 aromatic heterocycles. The van der Waals surface area contributed by atoms with Crippen molar-refractivity contribution in [3.8, 4) is 0 Å². The molecule has 0 bridgehead atoms. The normalized spacial score (nSPS) is 40.2. The molecule has 3 rings (SSSR count). The Bertz CT molecular complexity index is 268. The van der Waals surface area contributed by atoms with Crippen LogP contribution in [-0.4, -0.2) is 38.0 Å². The zero-order valence-electron chi connectivity index (χ0n) is 11.6. The van der Waals surface area contributed by atoms with Crippen LogP contribution in [0.1, 0.15) is 51.4 Å². The Morgan fingerprint density at radius 3 is 2.50 bits per heavy atom. The summed E-state index contributed by atoms with van der Waals surface area (Å²) in [6.45, 7) is 1.94. The van der Waals surface area contributed by atoms with Crippen molar-refractivity contribution in [3.63, 3.8) is 0 Å². The van der Waals surface area contributed by atoms with Gasteiger partial charge in [0.2, 0.25) is 0 Å². The fraction of sp³-hybridized carbons (Fsp3) is 1.00. The van der Waals surface area contributed by atoms with Gasteiger partial charge in [-0.3, -0.25) is 0 Å². The molecular weight excluding hydrogens is 226 g/mol. The average molecular weight is 253 g/mol. The van der Waals surface area contributed by atoms with Crippen molar-refractivity contribution >= 4 is 0 Å². The van der Waals surface area contributed by atoms with Crippen LogP contribution < -0.4 is 5.32 Å². The number of hydrogen-bond acceptors (Lipinski definition) is 3. The SMILES string of the molecule is COC1CCC(C2NCCOC23CCCC3)CC1. The number of rotatable bonds is 2. The summed E-state index contributed by atoms with van der Waals surface area (Å²) >= 11 is 0. The van der Waals surface area contributed by atoms with Gasteiger partial charge >= 0.3 is 0 Å². The van der Waals surface area contributed by atoms with E-state index in [4.69, 9.17) is 9.47 Å². The molecule has 104 valence electrons. The van der Waals surface area contributed by atoms with E-state index in [1.54, 1.807) is 0 Å². The van der Waals surface area contributed by atoms with Crippen LogP contribution in [0.25, 0.3) is 0 Å². The van der Waals surface area contributed by atoms with Gasteiger partial charge in [0, 0.05) is 19.7 Å². The first-order valence-corrected chi connectivity index (χ1v) is 7.74. The fourth-order valence-corrected chi connectivity index (χ4v) is 4.43. The lowest BCUT2D eigenvalue weighted by Gasteiger charge is -2.47. The maximum atomic E-state index is 6.25. The molecule has 1 aliphatic heterocycles. The lowest BCUT2D eigenvalue weighted by atomic mass is 9.74. The Morgan fingerprint density at radius 2 is 1.83 bits per heavy atom. The second kappa shape index (κ2) is 5.48. The molecule has 1 N–H and O–H groups in total. The van der Waals surface area contributed by atoms with E-state index in [1.165, 1.54) is 51.4 Å². The molecule has 2 saturated carbocycles. The third-order valence-electron chi connectivity index (χ3n) is 5.40. The molecule has 3 heteroatoms. The van der Waals surface area contributed by atoms with Crippen LogP contribution >= 0.6 is 0 Å². The van der Waals surface area contributed by atoms with Crippen molar-refractivity contribution in [2.45, 2.75) is 69.1 Å². The van der Waals surface area contributed by atoms with Crippen LogP contribution in [0.3, 0.4) is 0 Å². The van der Waals surface area contributed by atoms with E-state index in [0.29, 0.717) is 12.1 Å². The molecule has 1 saturated heterocycles. The Labute approximate surface area is 111 Å². The molecule has 1 unspecified atom stereocenters. The summed E-state index contributed by atoms with van der Waals surface area (Å²) < 4.78 is 11.7. The predicted octanol–water partition coefficient (Wildman–Crippen LogP) is 2.49. The highest BCUT2D eigenvalue weighted by Crippen LogP contribution is 2.43. The third-order valence-corrected chi connectivity index (χ3v) is 5.40. The summed E-state index contributed by atoms with van der Waals surface area (Å²) in [5.74, 6) is 0.801. The molecule has 0 aromatic carbocycles. The molecule has 0 aromatic rings. The summed E-state index contributed by atoms with van der Waals surface area (Å²) in [6.07, 6.45) is 10.8. The van der Waals surface area contributed by atoms with E-state index in [0.717, 1.165) is 19.1 Å². The van der Waals surface area contributed by atoms with Crippen LogP contribution in [-0.2, 0) is 9.47 Å². The molecule has 3 aliphatic rings. The Morgan fingerprint density at radius 1 is 1.11 bits per heavy atom. The second-order valence-corrected chi connectivity index (χ2v) is 6.32. The average Bonchev–Trinajstić information content (AvgIpc) is 2.88. The third kappa shape index (κ3) is 2.33. The summed E-state index contributed by atoms with van der Waals surface area (Å²) in [5.41, 5.74) is 0.183. The van der Waals surface area contributed by atoms with E-state index < -0.39 is 0 Å². The monoisotopic (exact) mass is 253 g/mol. The maximum Gasteiger partial charge on any atom is 0.0838 e. The molecule has 18 heavy (non-hydrogen) atoms. The van der Waals surface area contributed by atoms with E-state index in [-0.39, 0.29) is 5.60 Å². The quantitative estimate of drug-likeness (QED) is 0.820. The van der Waals surface area contributed by atoms with Gasteiger partial charge in [0.15, 0.2) is 0 Å². The summed E-state index contributed by atoms with van der Waals surface area (Å²) in [7, 11) is 1.85. The van der Waals surface area contributed by atoms with Gasteiger partial charge in [-0.05, 0) is 44.4 Å². The van der Waals surface area contributed by atoms with Crippen molar-refractivity contribution in [1.29, 1.82) is 0 Å². The number of morpholine rings is 1. The predicted molar refractivity (Wildman–Crippen MR) is 71.7 cm³/mol. The Hall–Kier alpha value is -0.120. The van der Waals surface area contributed by atoms with Crippen LogP contribution in [0.2, 0.25) is 0 Å². The standard InChI is InChI=1S/C15H27NO2/c1-17-13-6-4-12(5-7-13)14-15(8-2-3-9-15)18-11-10-16-14/h12-14,16H,2-11H2,1H3. The van der Waals surface area contributed by atoms with Gasteiger partial charge in [-0.1, -0.05) is 12.8 Å². The van der Waals surface area contributed by atoms with Crippen LogP contribution in [0, 0.1) is 5.92 Å². The number of methoxy groups -OCH3 is 1. The molecule has 0 amide bonds. The van der Waals surface area contributed by atoms with Crippen molar-refractivity contribution in [3.05, 3.63) is 0 Å². The van der Waals surface area contributed by atoms with E-state index in [9.17, 15) is 0 Å². The maximum absolute atomic E-state index is 6.25. The molecule has 1 spiro atoms. The van der Waals surface area contributed by atoms with E-state index >= 15 is 0 Å². The highest BCUT2D eigenvalue weighted by Gasteiger charge is 2.47. The van der Waals surface area contributed by atoms with E-state index in [1.807, 2.05) is 7.11 Å². The van der Waals surface area contributed by atoms with E-state index in [2.05, 4.69) is 5.32 Å². The molecule has 0 radical (unpaired) electrons. The van der Waals surface area contributed by atoms with Crippen LogP contribution in [0.5, 0.6) is 0 Å². The minimum atomic E-state index is 0.183. The lowest BCUT2D eigenvalue weighted by Crippen LogP contribution is -2.60. The molecule has 3 fully saturated rings. The number of ether oxygens (including phenoxy) is 2. The van der Waals surface area contributed by atoms with Crippen molar-refractivity contribution in [2.75, 3.05) is 20.3 Å². The smallest absolute Gasteiger partial charge is 0.0838 e. The minimum Gasteiger partial charge on any atom is -0.381 e. The summed E-state index contributed by atoms with van der Waals surface area (Å²) in [6, 6.07) is 0.603. The zero-order chi connectivity index (χ0) is 12.4. The first kappa shape index (κ1) is 12.9. The second-order valence-electron chi connectivity index (χ2n) is 6.32. The van der Waals surface area contributed by atoms with Crippen molar-refractivity contribution in [2.24, 2.45) is 5.92 Å². The Kier molecular flexibility index (Phi) is 3.92. The van der Waals surface area contributed by atoms with Crippen LogP contribution in [0.15, 0.2) is 0 Å². The lowest BCUT2D eigenvalue weighted by molar-refractivity contribution is -0.113. The van der Waals surface area contributed by atoms with Crippen molar-refractivity contribution < 1.29 is 9.47 Å². The highest BCUT2D eigenvalue weighted by molar-refractivity contribution is 5.02. The number of nitrogens with one attached hydrogen (secondary N) is 1. The van der Waals surface area contributed by atoms with Gasteiger partial charge < -0.3 is 14.8 Å². The molecule has 3 nitrogen and oxygen atoms in total. The molecule has 2 aliphatic carbocycles. The zero-order valence-corrected chi connectivity index (χ0v) is 11.6. The molecule has 1 atom stereocenters. The molecular formula is C15H27NO2. The first-order chi connectivity index (χ1) is 8.84. The van der Waals surface area contributed by atoms with Crippen LogP contribution in [0.4, 0.5) is 0 Å².